The fraction of sp³-hybridized carbons (Fsp3) is 0.481. The number of hydrogen-bond acceptors (Lipinski definition) is 4. The molecule has 4 saturated carbocycles. The zero-order valence-corrected chi connectivity index (χ0v) is 18.9. The largest absolute Gasteiger partial charge is 0.496 e. The number of rotatable bonds is 6. The molecule has 2 aromatic carbocycles. The lowest BCUT2D eigenvalue weighted by atomic mass is 9.48. The summed E-state index contributed by atoms with van der Waals surface area (Å²) in [6.45, 7) is -0.135. The molecule has 168 valence electrons. The van der Waals surface area contributed by atoms with Crippen LogP contribution in [-0.2, 0) is 14.9 Å². The Balaban J connectivity index is 1.41. The van der Waals surface area contributed by atoms with Gasteiger partial charge in [-0.25, -0.2) is 0 Å². The summed E-state index contributed by atoms with van der Waals surface area (Å²) in [5.41, 5.74) is 4.37. The molecule has 0 aromatic heterocycles. The molecular formula is C27H31NO4. The lowest BCUT2D eigenvalue weighted by molar-refractivity contribution is -0.139. The summed E-state index contributed by atoms with van der Waals surface area (Å²) >= 11 is 0. The molecule has 6 rings (SSSR count). The lowest BCUT2D eigenvalue weighted by Crippen LogP contribution is -2.48. The van der Waals surface area contributed by atoms with Gasteiger partial charge in [0.25, 0.3) is 5.91 Å². The number of ether oxygens (including phenoxy) is 2. The van der Waals surface area contributed by atoms with Gasteiger partial charge in [0.1, 0.15) is 12.3 Å². The summed E-state index contributed by atoms with van der Waals surface area (Å²) in [6.07, 6.45) is 8.12. The van der Waals surface area contributed by atoms with Gasteiger partial charge >= 0.3 is 5.97 Å². The van der Waals surface area contributed by atoms with E-state index in [1.807, 2.05) is 12.1 Å². The summed E-state index contributed by atoms with van der Waals surface area (Å²) < 4.78 is 10.4. The van der Waals surface area contributed by atoms with Crippen molar-refractivity contribution < 1.29 is 19.1 Å². The van der Waals surface area contributed by atoms with Crippen molar-refractivity contribution in [3.05, 3.63) is 53.6 Å². The first kappa shape index (κ1) is 21.0. The van der Waals surface area contributed by atoms with Crippen LogP contribution >= 0.6 is 0 Å². The average molecular weight is 434 g/mol. The number of amides is 1. The summed E-state index contributed by atoms with van der Waals surface area (Å²) in [6, 6.07) is 14.1. The molecule has 4 aliphatic carbocycles. The van der Waals surface area contributed by atoms with E-state index in [-0.39, 0.29) is 17.9 Å². The number of carbonyl (C=O) groups is 2. The number of esters is 1. The molecule has 4 fully saturated rings. The predicted octanol–water partition coefficient (Wildman–Crippen LogP) is 4.73. The highest BCUT2D eigenvalue weighted by Gasteiger charge is 2.52. The molecule has 2 aromatic rings. The second kappa shape index (κ2) is 8.27. The SMILES string of the molecule is COC(=O)CNC(=O)c1ccc(-c2ccc(OC)c(C34CC5CC(CC(C5)C3)C4)c2)cc1. The molecule has 4 bridgehead atoms. The highest BCUT2D eigenvalue weighted by molar-refractivity contribution is 5.96. The van der Waals surface area contributed by atoms with Crippen LogP contribution in [-0.4, -0.2) is 32.6 Å². The van der Waals surface area contributed by atoms with Crippen molar-refractivity contribution in [2.75, 3.05) is 20.8 Å². The van der Waals surface area contributed by atoms with Crippen molar-refractivity contribution in [2.24, 2.45) is 17.8 Å². The van der Waals surface area contributed by atoms with E-state index in [4.69, 9.17) is 4.74 Å². The van der Waals surface area contributed by atoms with E-state index < -0.39 is 5.97 Å². The van der Waals surface area contributed by atoms with Crippen LogP contribution in [0.3, 0.4) is 0 Å². The van der Waals surface area contributed by atoms with E-state index >= 15 is 0 Å². The maximum absolute atomic E-state index is 12.3. The topological polar surface area (TPSA) is 64.6 Å². The molecular weight excluding hydrogens is 402 g/mol. The van der Waals surface area contributed by atoms with Gasteiger partial charge in [0, 0.05) is 11.1 Å². The van der Waals surface area contributed by atoms with Gasteiger partial charge in [0.05, 0.1) is 14.2 Å². The summed E-state index contributed by atoms with van der Waals surface area (Å²) in [7, 11) is 3.08. The summed E-state index contributed by atoms with van der Waals surface area (Å²) in [5.74, 6) is 2.87. The number of nitrogens with one attached hydrogen (secondary N) is 1. The van der Waals surface area contributed by atoms with Gasteiger partial charge in [0.2, 0.25) is 0 Å². The van der Waals surface area contributed by atoms with Gasteiger partial charge in [-0.3, -0.25) is 9.59 Å². The summed E-state index contributed by atoms with van der Waals surface area (Å²) in [4.78, 5) is 23.5. The van der Waals surface area contributed by atoms with Crippen LogP contribution in [0.2, 0.25) is 0 Å². The van der Waals surface area contributed by atoms with E-state index in [9.17, 15) is 9.59 Å². The minimum absolute atomic E-state index is 0.135. The highest BCUT2D eigenvalue weighted by atomic mass is 16.5. The minimum Gasteiger partial charge on any atom is -0.496 e. The van der Waals surface area contributed by atoms with Crippen molar-refractivity contribution in [2.45, 2.75) is 43.9 Å². The van der Waals surface area contributed by atoms with Gasteiger partial charge < -0.3 is 14.8 Å². The monoisotopic (exact) mass is 433 g/mol. The molecule has 5 nitrogen and oxygen atoms in total. The number of benzene rings is 2. The molecule has 1 amide bonds. The second-order valence-corrected chi connectivity index (χ2v) is 9.95. The normalized spacial score (nSPS) is 27.8. The van der Waals surface area contributed by atoms with Gasteiger partial charge in [0.15, 0.2) is 0 Å². The standard InChI is InChI=1S/C27H31NO4/c1-31-24-8-7-22(20-3-5-21(6-4-20)26(30)28-16-25(29)32-2)12-23(24)27-13-17-9-18(14-27)11-19(10-17)15-27/h3-8,12,17-19H,9-11,13-16H2,1-2H3,(H,28,30). The average Bonchev–Trinajstić information content (AvgIpc) is 2.81. The van der Waals surface area contributed by atoms with E-state index in [1.54, 1.807) is 19.2 Å². The Morgan fingerprint density at radius 3 is 2.06 bits per heavy atom. The Hall–Kier alpha value is -2.82. The maximum atomic E-state index is 12.3. The number of carbonyl (C=O) groups excluding carboxylic acids is 2. The molecule has 5 heteroatoms. The Labute approximate surface area is 189 Å². The quantitative estimate of drug-likeness (QED) is 0.669. The lowest BCUT2D eigenvalue weighted by Gasteiger charge is -2.57. The maximum Gasteiger partial charge on any atom is 0.325 e. The number of methoxy groups -OCH3 is 2. The van der Waals surface area contributed by atoms with Crippen molar-refractivity contribution in [1.29, 1.82) is 0 Å². The van der Waals surface area contributed by atoms with E-state index in [1.165, 1.54) is 51.2 Å². The molecule has 0 spiro atoms. The van der Waals surface area contributed by atoms with E-state index in [0.29, 0.717) is 5.56 Å². The third-order valence-electron chi connectivity index (χ3n) is 7.91. The van der Waals surface area contributed by atoms with Gasteiger partial charge in [-0.15, -0.1) is 0 Å². The molecule has 0 unspecified atom stereocenters. The van der Waals surface area contributed by atoms with Crippen LogP contribution in [0.5, 0.6) is 5.75 Å². The van der Waals surface area contributed by atoms with Crippen LogP contribution in [0.15, 0.2) is 42.5 Å². The first-order valence-corrected chi connectivity index (χ1v) is 11.6. The molecule has 0 heterocycles. The van der Waals surface area contributed by atoms with Crippen molar-refractivity contribution in [3.8, 4) is 16.9 Å². The number of hydrogen-bond donors (Lipinski definition) is 1. The Morgan fingerprint density at radius 2 is 1.50 bits per heavy atom. The van der Waals surface area contributed by atoms with Crippen molar-refractivity contribution in [1.82, 2.24) is 5.32 Å². The van der Waals surface area contributed by atoms with Gasteiger partial charge in [-0.05, 0) is 97.1 Å². The van der Waals surface area contributed by atoms with Gasteiger partial charge in [-0.1, -0.05) is 18.2 Å². The Bertz CT molecular complexity index is 991. The van der Waals surface area contributed by atoms with Crippen molar-refractivity contribution in [3.63, 3.8) is 0 Å². The first-order valence-electron chi connectivity index (χ1n) is 11.6. The fourth-order valence-electron chi connectivity index (χ4n) is 6.88. The summed E-state index contributed by atoms with van der Waals surface area (Å²) in [5, 5.41) is 2.58. The zero-order chi connectivity index (χ0) is 22.3. The third-order valence-corrected chi connectivity index (χ3v) is 7.91. The molecule has 0 atom stereocenters. The Morgan fingerprint density at radius 1 is 0.906 bits per heavy atom. The van der Waals surface area contributed by atoms with Gasteiger partial charge in [-0.2, -0.15) is 0 Å². The van der Waals surface area contributed by atoms with E-state index in [2.05, 4.69) is 28.3 Å². The van der Waals surface area contributed by atoms with Crippen LogP contribution in [0.25, 0.3) is 11.1 Å². The van der Waals surface area contributed by atoms with Crippen molar-refractivity contribution >= 4 is 11.9 Å². The molecule has 0 saturated heterocycles. The Kier molecular flexibility index (Phi) is 5.44. The second-order valence-electron chi connectivity index (χ2n) is 9.95. The van der Waals surface area contributed by atoms with Crippen LogP contribution in [0.4, 0.5) is 0 Å². The molecule has 32 heavy (non-hydrogen) atoms. The zero-order valence-electron chi connectivity index (χ0n) is 18.9. The highest BCUT2D eigenvalue weighted by Crippen LogP contribution is 2.62. The molecule has 4 aliphatic rings. The molecule has 0 radical (unpaired) electrons. The van der Waals surface area contributed by atoms with Crippen LogP contribution in [0, 0.1) is 17.8 Å². The smallest absolute Gasteiger partial charge is 0.325 e. The van der Waals surface area contributed by atoms with Crippen LogP contribution in [0.1, 0.15) is 54.4 Å². The minimum atomic E-state index is -0.467. The van der Waals surface area contributed by atoms with Crippen LogP contribution < -0.4 is 10.1 Å². The van der Waals surface area contributed by atoms with E-state index in [0.717, 1.165) is 34.6 Å². The first-order chi connectivity index (χ1) is 15.5. The fourth-order valence-corrected chi connectivity index (χ4v) is 6.88. The molecule has 1 N–H and O–H groups in total. The predicted molar refractivity (Wildman–Crippen MR) is 123 cm³/mol. The third kappa shape index (κ3) is 3.78. The molecule has 0 aliphatic heterocycles.